The number of carbonyl (C=O) groups is 2. The third kappa shape index (κ3) is 15.7. The average molecular weight is 823 g/mol. The maximum Gasteiger partial charge on any atom is 0.330 e. The molecule has 0 aliphatic carbocycles. The fraction of sp³-hybridized carbons (Fsp3) is 0.308. The zero-order chi connectivity index (χ0) is 41.9. The van der Waals surface area contributed by atoms with Crippen molar-refractivity contribution in [2.75, 3.05) is 24.7 Å². The van der Waals surface area contributed by atoms with Gasteiger partial charge in [0.05, 0.1) is 13.2 Å². The first kappa shape index (κ1) is 44.8. The van der Waals surface area contributed by atoms with Gasteiger partial charge in [0.15, 0.2) is 0 Å². The minimum atomic E-state index is -0.358. The molecule has 0 saturated heterocycles. The van der Waals surface area contributed by atoms with E-state index in [1.807, 2.05) is 35.7 Å². The van der Waals surface area contributed by atoms with Gasteiger partial charge in [-0.15, -0.1) is 23.5 Å². The number of rotatable bonds is 18. The summed E-state index contributed by atoms with van der Waals surface area (Å²) in [5.41, 5.74) is 6.00. The number of hydrogen-bond donors (Lipinski definition) is 0. The second-order valence-electron chi connectivity index (χ2n) is 15.2. The second-order valence-corrected chi connectivity index (χ2v) is 17.6. The molecule has 0 radical (unpaired) electrons. The van der Waals surface area contributed by atoms with E-state index >= 15 is 0 Å². The first-order chi connectivity index (χ1) is 28.6. The van der Waals surface area contributed by atoms with E-state index in [0.29, 0.717) is 19.8 Å². The summed E-state index contributed by atoms with van der Waals surface area (Å²) in [6, 6.07) is 35.9. The number of ether oxygens (including phenoxy) is 3. The molecule has 0 aliphatic rings. The molecule has 7 heteroatoms. The summed E-state index contributed by atoms with van der Waals surface area (Å²) in [6.45, 7) is 12.9. The van der Waals surface area contributed by atoms with E-state index in [9.17, 15) is 9.59 Å². The van der Waals surface area contributed by atoms with Gasteiger partial charge in [0.2, 0.25) is 0 Å². The summed E-state index contributed by atoms with van der Waals surface area (Å²) in [5, 5.41) is 2.29. The minimum absolute atomic E-state index is 0.126. The highest BCUT2D eigenvalue weighted by molar-refractivity contribution is 7.99. The molecule has 5 aromatic rings. The number of carbonyl (C=O) groups excluding carboxylic acids is 2. The van der Waals surface area contributed by atoms with Crippen molar-refractivity contribution in [3.8, 4) is 29.4 Å². The highest BCUT2D eigenvalue weighted by Crippen LogP contribution is 2.33. The lowest BCUT2D eigenvalue weighted by molar-refractivity contribution is -0.141. The maximum atomic E-state index is 11.1. The number of thioether (sulfide) groups is 2. The molecule has 0 atom stereocenters. The van der Waals surface area contributed by atoms with Crippen LogP contribution in [0, 0.1) is 23.7 Å². The van der Waals surface area contributed by atoms with Gasteiger partial charge in [-0.1, -0.05) is 69.2 Å². The Morgan fingerprint density at radius 1 is 0.610 bits per heavy atom. The predicted molar refractivity (Wildman–Crippen MR) is 245 cm³/mol. The van der Waals surface area contributed by atoms with E-state index in [1.165, 1.54) is 22.8 Å². The fourth-order valence-electron chi connectivity index (χ4n) is 6.09. The Labute approximate surface area is 359 Å². The van der Waals surface area contributed by atoms with E-state index in [-0.39, 0.29) is 17.4 Å². The maximum absolute atomic E-state index is 11.1. The highest BCUT2D eigenvalue weighted by Gasteiger charge is 2.20. The first-order valence-corrected chi connectivity index (χ1v) is 22.3. The molecule has 0 unspecified atom stereocenters. The lowest BCUT2D eigenvalue weighted by Crippen LogP contribution is -2.14. The summed E-state index contributed by atoms with van der Waals surface area (Å²) in [7, 11) is 0. The Balaban J connectivity index is 1.11. The Kier molecular flexibility index (Phi) is 17.7. The number of hydrogen-bond acceptors (Lipinski definition) is 7. The molecule has 59 heavy (non-hydrogen) atoms. The Morgan fingerprint density at radius 2 is 1.12 bits per heavy atom. The monoisotopic (exact) mass is 822 g/mol. The van der Waals surface area contributed by atoms with Crippen molar-refractivity contribution in [1.29, 1.82) is 0 Å². The first-order valence-electron chi connectivity index (χ1n) is 20.3. The van der Waals surface area contributed by atoms with Gasteiger partial charge in [-0.2, -0.15) is 0 Å². The van der Waals surface area contributed by atoms with Crippen LogP contribution in [0.2, 0.25) is 0 Å². The van der Waals surface area contributed by atoms with Crippen molar-refractivity contribution in [2.24, 2.45) is 0 Å². The van der Waals surface area contributed by atoms with Crippen molar-refractivity contribution in [3.63, 3.8) is 0 Å². The number of esters is 2. The quantitative estimate of drug-likeness (QED) is 0.0287. The molecular formula is C52H54O5S2. The van der Waals surface area contributed by atoms with Gasteiger partial charge in [-0.25, -0.2) is 4.79 Å². The van der Waals surface area contributed by atoms with Gasteiger partial charge in [0, 0.05) is 50.6 Å². The van der Waals surface area contributed by atoms with Gasteiger partial charge in [0.1, 0.15) is 12.4 Å². The van der Waals surface area contributed by atoms with Gasteiger partial charge in [-0.3, -0.25) is 4.79 Å². The molecule has 0 saturated carbocycles. The molecule has 0 spiro atoms. The number of benzene rings is 5. The Hall–Kier alpha value is -5.34. The molecule has 304 valence electrons. The van der Waals surface area contributed by atoms with Crippen LogP contribution in [0.15, 0.2) is 126 Å². The Morgan fingerprint density at radius 3 is 1.69 bits per heavy atom. The summed E-state index contributed by atoms with van der Waals surface area (Å²) >= 11 is 3.67. The van der Waals surface area contributed by atoms with E-state index in [4.69, 9.17) is 14.2 Å². The third-order valence-corrected chi connectivity index (χ3v) is 11.5. The van der Waals surface area contributed by atoms with Crippen LogP contribution in [0.25, 0.3) is 10.8 Å². The van der Waals surface area contributed by atoms with Crippen molar-refractivity contribution < 1.29 is 23.8 Å². The molecule has 0 heterocycles. The van der Waals surface area contributed by atoms with Crippen LogP contribution in [0.4, 0.5) is 0 Å². The SMILES string of the molecule is C=CC(=O)OCCCCCSc1ccc(C#Cc2ccc(OCc3ccc4cc(C#Cc5ccc(SCCCCCOC(C)=O)cc5)ccc4c3)c(C(C)(C)C)c2)cc1. The second kappa shape index (κ2) is 23.3. The van der Waals surface area contributed by atoms with Crippen LogP contribution in [0.3, 0.4) is 0 Å². The topological polar surface area (TPSA) is 61.8 Å². The largest absolute Gasteiger partial charge is 0.489 e. The minimum Gasteiger partial charge on any atom is -0.489 e. The number of unbranched alkanes of at least 4 members (excludes halogenated alkanes) is 4. The summed E-state index contributed by atoms with van der Waals surface area (Å²) < 4.78 is 16.5. The normalized spacial score (nSPS) is 10.8. The smallest absolute Gasteiger partial charge is 0.330 e. The van der Waals surface area contributed by atoms with Gasteiger partial charge in [0.25, 0.3) is 0 Å². The molecule has 0 N–H and O–H groups in total. The fourth-order valence-corrected chi connectivity index (χ4v) is 7.92. The zero-order valence-electron chi connectivity index (χ0n) is 34.7. The molecule has 5 aromatic carbocycles. The molecule has 5 nitrogen and oxygen atoms in total. The van der Waals surface area contributed by atoms with Crippen LogP contribution in [-0.2, 0) is 31.1 Å². The van der Waals surface area contributed by atoms with E-state index < -0.39 is 0 Å². The van der Waals surface area contributed by atoms with Crippen molar-refractivity contribution in [3.05, 3.63) is 149 Å². The Bertz CT molecular complexity index is 2300. The van der Waals surface area contributed by atoms with Crippen LogP contribution in [-0.4, -0.2) is 36.7 Å². The summed E-state index contributed by atoms with van der Waals surface area (Å²) in [4.78, 5) is 24.4. The van der Waals surface area contributed by atoms with Crippen molar-refractivity contribution in [1.82, 2.24) is 0 Å². The lowest BCUT2D eigenvalue weighted by Gasteiger charge is -2.23. The summed E-state index contributed by atoms with van der Waals surface area (Å²) in [5.74, 6) is 15.7. The lowest BCUT2D eigenvalue weighted by atomic mass is 9.85. The van der Waals surface area contributed by atoms with E-state index in [1.54, 1.807) is 0 Å². The van der Waals surface area contributed by atoms with Crippen LogP contribution in [0.1, 0.15) is 99.6 Å². The highest BCUT2D eigenvalue weighted by atomic mass is 32.2. The van der Waals surface area contributed by atoms with Crippen LogP contribution in [0.5, 0.6) is 5.75 Å². The van der Waals surface area contributed by atoms with Gasteiger partial charge in [-0.05, 0) is 157 Å². The molecular weight excluding hydrogens is 769 g/mol. The number of fused-ring (bicyclic) bond motifs is 1. The van der Waals surface area contributed by atoms with Gasteiger partial charge >= 0.3 is 11.9 Å². The molecule has 0 fully saturated rings. The summed E-state index contributed by atoms with van der Waals surface area (Å²) in [6.07, 6.45) is 7.20. The van der Waals surface area contributed by atoms with E-state index in [2.05, 4.69) is 142 Å². The van der Waals surface area contributed by atoms with E-state index in [0.717, 1.165) is 99.9 Å². The van der Waals surface area contributed by atoms with Gasteiger partial charge < -0.3 is 14.2 Å². The predicted octanol–water partition coefficient (Wildman–Crippen LogP) is 12.3. The molecule has 0 aliphatic heterocycles. The molecule has 0 aromatic heterocycles. The zero-order valence-corrected chi connectivity index (χ0v) is 36.4. The molecule has 0 bridgehead atoms. The van der Waals surface area contributed by atoms with Crippen molar-refractivity contribution in [2.45, 2.75) is 88.0 Å². The standard InChI is InChI=1S/C52H54O5S2/c1-6-51(54)56-32-10-8-12-34-59-48-28-21-41(22-29-48)14-16-43-23-30-50(49(37-43)52(3,4)5)57-38-44-18-25-45-35-42(17-24-46(45)36-44)15-13-40-19-26-47(27-20-40)58-33-11-7-9-31-55-39(2)53/h6,17-30,35-37H,1,7-12,31-34,38H2,2-5H3. The van der Waals surface area contributed by atoms with Crippen LogP contribution >= 0.6 is 23.5 Å². The van der Waals surface area contributed by atoms with Crippen molar-refractivity contribution >= 4 is 46.2 Å². The molecule has 5 rings (SSSR count). The van der Waals surface area contributed by atoms with Crippen LogP contribution < -0.4 is 4.74 Å². The third-order valence-electron chi connectivity index (χ3n) is 9.33. The molecule has 0 amide bonds. The average Bonchev–Trinajstić information content (AvgIpc) is 3.23.